The summed E-state index contributed by atoms with van der Waals surface area (Å²) < 4.78 is 0. The Labute approximate surface area is 111 Å². The SMILES string of the molecule is CCCC(NC(=O)c1ccc(O)c(O)c1)C(N)=S. The van der Waals surface area contributed by atoms with Gasteiger partial charge in [0.05, 0.1) is 11.0 Å². The van der Waals surface area contributed by atoms with E-state index in [1.807, 2.05) is 6.92 Å². The molecule has 0 heterocycles. The van der Waals surface area contributed by atoms with E-state index in [2.05, 4.69) is 5.32 Å². The summed E-state index contributed by atoms with van der Waals surface area (Å²) in [4.78, 5) is 12.1. The molecule has 0 spiro atoms. The Bertz CT molecular complexity index is 463. The smallest absolute Gasteiger partial charge is 0.251 e. The minimum Gasteiger partial charge on any atom is -0.504 e. The van der Waals surface area contributed by atoms with Gasteiger partial charge in [-0.1, -0.05) is 25.6 Å². The van der Waals surface area contributed by atoms with Crippen molar-refractivity contribution in [2.45, 2.75) is 25.8 Å². The average Bonchev–Trinajstić information content (AvgIpc) is 2.31. The highest BCUT2D eigenvalue weighted by atomic mass is 32.1. The summed E-state index contributed by atoms with van der Waals surface area (Å²) in [5, 5.41) is 21.2. The van der Waals surface area contributed by atoms with E-state index in [1.54, 1.807) is 0 Å². The van der Waals surface area contributed by atoms with Gasteiger partial charge in [0.1, 0.15) is 0 Å². The lowest BCUT2D eigenvalue weighted by Gasteiger charge is -2.16. The number of hydrogen-bond donors (Lipinski definition) is 4. The molecule has 0 aromatic heterocycles. The highest BCUT2D eigenvalue weighted by Gasteiger charge is 2.16. The molecular formula is C12H16N2O3S. The van der Waals surface area contributed by atoms with Crippen LogP contribution in [0.2, 0.25) is 0 Å². The molecule has 1 atom stereocenters. The van der Waals surface area contributed by atoms with Crippen molar-refractivity contribution in [2.24, 2.45) is 5.73 Å². The summed E-state index contributed by atoms with van der Waals surface area (Å²) in [6, 6.07) is 3.48. The summed E-state index contributed by atoms with van der Waals surface area (Å²) in [5.41, 5.74) is 5.77. The highest BCUT2D eigenvalue weighted by molar-refractivity contribution is 7.80. The Morgan fingerprint density at radius 1 is 1.44 bits per heavy atom. The van der Waals surface area contributed by atoms with Crippen molar-refractivity contribution in [3.05, 3.63) is 23.8 Å². The molecule has 0 bridgehead atoms. The summed E-state index contributed by atoms with van der Waals surface area (Å²) in [6.45, 7) is 1.96. The van der Waals surface area contributed by atoms with Gasteiger partial charge in [0.25, 0.3) is 5.91 Å². The molecule has 0 saturated carbocycles. The number of thiocarbonyl (C=S) groups is 1. The minimum absolute atomic E-state index is 0.230. The van der Waals surface area contributed by atoms with Crippen LogP contribution in [-0.2, 0) is 0 Å². The van der Waals surface area contributed by atoms with Crippen LogP contribution in [0.5, 0.6) is 11.5 Å². The van der Waals surface area contributed by atoms with Crippen molar-refractivity contribution < 1.29 is 15.0 Å². The van der Waals surface area contributed by atoms with E-state index in [9.17, 15) is 9.90 Å². The van der Waals surface area contributed by atoms with Gasteiger partial charge in [-0.15, -0.1) is 0 Å². The fraction of sp³-hybridized carbons (Fsp3) is 0.333. The molecular weight excluding hydrogens is 252 g/mol. The van der Waals surface area contributed by atoms with Crippen LogP contribution in [-0.4, -0.2) is 27.2 Å². The number of carbonyl (C=O) groups excluding carboxylic acids is 1. The molecule has 1 unspecified atom stereocenters. The van der Waals surface area contributed by atoms with E-state index < -0.39 is 5.91 Å². The predicted molar refractivity (Wildman–Crippen MR) is 72.7 cm³/mol. The second-order valence-corrected chi connectivity index (χ2v) is 4.39. The number of rotatable bonds is 5. The van der Waals surface area contributed by atoms with Crippen molar-refractivity contribution in [3.63, 3.8) is 0 Å². The Morgan fingerprint density at radius 2 is 2.11 bits per heavy atom. The van der Waals surface area contributed by atoms with Crippen molar-refractivity contribution in [1.82, 2.24) is 5.32 Å². The van der Waals surface area contributed by atoms with Crippen LogP contribution in [0.3, 0.4) is 0 Å². The maximum atomic E-state index is 11.9. The number of carbonyl (C=O) groups is 1. The van der Waals surface area contributed by atoms with Gasteiger partial charge in [0.2, 0.25) is 0 Å². The van der Waals surface area contributed by atoms with E-state index in [0.717, 1.165) is 6.42 Å². The van der Waals surface area contributed by atoms with Gasteiger partial charge in [-0.2, -0.15) is 0 Å². The summed E-state index contributed by atoms with van der Waals surface area (Å²) in [7, 11) is 0. The van der Waals surface area contributed by atoms with Gasteiger partial charge >= 0.3 is 0 Å². The maximum absolute atomic E-state index is 11.9. The number of hydrogen-bond acceptors (Lipinski definition) is 4. The third-order valence-electron chi connectivity index (χ3n) is 2.46. The van der Waals surface area contributed by atoms with Gasteiger partial charge in [0, 0.05) is 5.56 Å². The van der Waals surface area contributed by atoms with Crippen LogP contribution in [0.25, 0.3) is 0 Å². The van der Waals surface area contributed by atoms with E-state index >= 15 is 0 Å². The van der Waals surface area contributed by atoms with Gasteiger partial charge < -0.3 is 21.3 Å². The standard InChI is InChI=1S/C12H16N2O3S/c1-2-3-8(11(13)18)14-12(17)7-4-5-9(15)10(16)6-7/h4-6,8,15-16H,2-3H2,1H3,(H2,13,18)(H,14,17). The van der Waals surface area contributed by atoms with Crippen LogP contribution >= 0.6 is 12.2 Å². The van der Waals surface area contributed by atoms with E-state index in [0.29, 0.717) is 6.42 Å². The summed E-state index contributed by atoms with van der Waals surface area (Å²) in [5.74, 6) is -1.01. The molecule has 1 amide bonds. The second-order valence-electron chi connectivity index (χ2n) is 3.92. The first-order valence-electron chi connectivity index (χ1n) is 5.57. The molecule has 0 radical (unpaired) electrons. The third kappa shape index (κ3) is 3.59. The van der Waals surface area contributed by atoms with Crippen molar-refractivity contribution >= 4 is 23.1 Å². The zero-order chi connectivity index (χ0) is 13.7. The number of nitrogens with two attached hydrogens (primary N) is 1. The summed E-state index contributed by atoms with van der Waals surface area (Å²) in [6.07, 6.45) is 1.49. The van der Waals surface area contributed by atoms with Crippen molar-refractivity contribution in [3.8, 4) is 11.5 Å². The monoisotopic (exact) mass is 268 g/mol. The first kappa shape index (κ1) is 14.2. The third-order valence-corrected chi connectivity index (χ3v) is 2.75. The zero-order valence-electron chi connectivity index (χ0n) is 10.0. The molecule has 1 rings (SSSR count). The maximum Gasteiger partial charge on any atom is 0.251 e. The first-order chi connectivity index (χ1) is 8.45. The van der Waals surface area contributed by atoms with Gasteiger partial charge in [-0.05, 0) is 24.6 Å². The number of phenols is 2. The second kappa shape index (κ2) is 6.20. The van der Waals surface area contributed by atoms with Crippen LogP contribution in [0.15, 0.2) is 18.2 Å². The van der Waals surface area contributed by atoms with Crippen LogP contribution < -0.4 is 11.1 Å². The number of benzene rings is 1. The molecule has 1 aromatic carbocycles. The number of amides is 1. The van der Waals surface area contributed by atoms with E-state index in [-0.39, 0.29) is 28.1 Å². The summed E-state index contributed by atoms with van der Waals surface area (Å²) >= 11 is 4.87. The molecule has 0 aliphatic heterocycles. The van der Waals surface area contributed by atoms with Gasteiger partial charge in [0.15, 0.2) is 11.5 Å². The lowest BCUT2D eigenvalue weighted by molar-refractivity contribution is 0.0945. The van der Waals surface area contributed by atoms with E-state index in [1.165, 1.54) is 18.2 Å². The Balaban J connectivity index is 2.80. The number of nitrogens with one attached hydrogen (secondary N) is 1. The largest absolute Gasteiger partial charge is 0.504 e. The molecule has 98 valence electrons. The van der Waals surface area contributed by atoms with Crippen LogP contribution in [0, 0.1) is 0 Å². The molecule has 5 N–H and O–H groups in total. The molecule has 18 heavy (non-hydrogen) atoms. The molecule has 0 fully saturated rings. The highest BCUT2D eigenvalue weighted by Crippen LogP contribution is 2.24. The fourth-order valence-electron chi connectivity index (χ4n) is 1.48. The Morgan fingerprint density at radius 3 is 2.61 bits per heavy atom. The average molecular weight is 268 g/mol. The fourth-order valence-corrected chi connectivity index (χ4v) is 1.66. The Hall–Kier alpha value is -1.82. The van der Waals surface area contributed by atoms with E-state index in [4.69, 9.17) is 23.1 Å². The first-order valence-corrected chi connectivity index (χ1v) is 5.98. The molecule has 6 heteroatoms. The number of aromatic hydroxyl groups is 2. The molecule has 1 aromatic rings. The van der Waals surface area contributed by atoms with Crippen LogP contribution in [0.4, 0.5) is 0 Å². The lowest BCUT2D eigenvalue weighted by Crippen LogP contribution is -2.43. The van der Waals surface area contributed by atoms with Gasteiger partial charge in [-0.3, -0.25) is 4.79 Å². The minimum atomic E-state index is -0.392. The lowest BCUT2D eigenvalue weighted by atomic mass is 10.1. The van der Waals surface area contributed by atoms with Gasteiger partial charge in [-0.25, -0.2) is 0 Å². The molecule has 0 aliphatic carbocycles. The quantitative estimate of drug-likeness (QED) is 0.476. The van der Waals surface area contributed by atoms with Crippen LogP contribution in [0.1, 0.15) is 30.1 Å². The zero-order valence-corrected chi connectivity index (χ0v) is 10.8. The normalized spacial score (nSPS) is 11.8. The molecule has 0 aliphatic rings. The predicted octanol–water partition coefficient (Wildman–Crippen LogP) is 1.28. The molecule has 0 saturated heterocycles. The van der Waals surface area contributed by atoms with Crippen molar-refractivity contribution in [1.29, 1.82) is 0 Å². The van der Waals surface area contributed by atoms with Crippen molar-refractivity contribution in [2.75, 3.05) is 0 Å². The number of phenolic OH excluding ortho intramolecular Hbond substituents is 2. The molecule has 5 nitrogen and oxygen atoms in total. The Kier molecular flexibility index (Phi) is 4.91. The topological polar surface area (TPSA) is 95.6 Å².